The van der Waals surface area contributed by atoms with E-state index in [2.05, 4.69) is 10.1 Å². The molecule has 1 aliphatic carbocycles. The molecule has 1 fully saturated rings. The van der Waals surface area contributed by atoms with E-state index in [4.69, 9.17) is 5.11 Å². The van der Waals surface area contributed by atoms with Crippen LogP contribution >= 0.6 is 0 Å². The number of ether oxygens (including phenoxy) is 1. The maximum Gasteiger partial charge on any atom is 0.305 e. The van der Waals surface area contributed by atoms with Crippen molar-refractivity contribution in [1.29, 1.82) is 0 Å². The predicted molar refractivity (Wildman–Crippen MR) is 52.9 cm³/mol. The summed E-state index contributed by atoms with van der Waals surface area (Å²) in [6.45, 7) is 1.96. The zero-order valence-electron chi connectivity index (χ0n) is 8.71. The molecule has 1 aliphatic rings. The lowest BCUT2D eigenvalue weighted by atomic mass is 10.1. The molecule has 4 nitrogen and oxygen atoms in total. The van der Waals surface area contributed by atoms with Gasteiger partial charge >= 0.3 is 5.97 Å². The molecule has 0 spiro atoms. The van der Waals surface area contributed by atoms with Crippen molar-refractivity contribution in [2.24, 2.45) is 5.41 Å². The van der Waals surface area contributed by atoms with Crippen molar-refractivity contribution in [3.05, 3.63) is 0 Å². The Morgan fingerprint density at radius 2 is 2.29 bits per heavy atom. The molecule has 0 unspecified atom stereocenters. The lowest BCUT2D eigenvalue weighted by molar-refractivity contribution is -0.140. The molecule has 82 valence electrons. The molecule has 1 saturated carbocycles. The van der Waals surface area contributed by atoms with E-state index >= 15 is 0 Å². The standard InChI is InChI=1S/C10H19NO3/c1-14-9(13)3-2-6-11-7-10(8-12)4-5-10/h11-12H,2-8H2,1H3. The number of nitrogens with one attached hydrogen (secondary N) is 1. The summed E-state index contributed by atoms with van der Waals surface area (Å²) >= 11 is 0. The minimum Gasteiger partial charge on any atom is -0.469 e. The molecular formula is C10H19NO3. The Morgan fingerprint density at radius 3 is 2.79 bits per heavy atom. The lowest BCUT2D eigenvalue weighted by Gasteiger charge is -2.11. The maximum absolute atomic E-state index is 10.8. The van der Waals surface area contributed by atoms with Gasteiger partial charge in [0.25, 0.3) is 0 Å². The number of rotatable bonds is 7. The van der Waals surface area contributed by atoms with Crippen molar-refractivity contribution in [3.8, 4) is 0 Å². The van der Waals surface area contributed by atoms with Crippen LogP contribution in [0.4, 0.5) is 0 Å². The summed E-state index contributed by atoms with van der Waals surface area (Å²) in [6, 6.07) is 0. The minimum atomic E-state index is -0.157. The van der Waals surface area contributed by atoms with Gasteiger partial charge in [-0.3, -0.25) is 4.79 Å². The number of hydrogen-bond donors (Lipinski definition) is 2. The van der Waals surface area contributed by atoms with Crippen LogP contribution in [0.2, 0.25) is 0 Å². The normalized spacial score (nSPS) is 17.9. The van der Waals surface area contributed by atoms with Crippen LogP contribution in [-0.2, 0) is 9.53 Å². The summed E-state index contributed by atoms with van der Waals surface area (Å²) in [6.07, 6.45) is 3.50. The molecule has 14 heavy (non-hydrogen) atoms. The van der Waals surface area contributed by atoms with Crippen molar-refractivity contribution in [3.63, 3.8) is 0 Å². The van der Waals surface area contributed by atoms with Gasteiger partial charge in [-0.1, -0.05) is 0 Å². The van der Waals surface area contributed by atoms with E-state index in [1.165, 1.54) is 7.11 Å². The van der Waals surface area contributed by atoms with Crippen molar-refractivity contribution in [1.82, 2.24) is 5.32 Å². The molecular weight excluding hydrogens is 182 g/mol. The topological polar surface area (TPSA) is 58.6 Å². The number of aliphatic hydroxyl groups is 1. The second-order valence-corrected chi connectivity index (χ2v) is 4.01. The van der Waals surface area contributed by atoms with Gasteiger partial charge < -0.3 is 15.2 Å². The van der Waals surface area contributed by atoms with Crippen molar-refractivity contribution in [2.45, 2.75) is 25.7 Å². The molecule has 0 saturated heterocycles. The van der Waals surface area contributed by atoms with Crippen LogP contribution in [0.3, 0.4) is 0 Å². The summed E-state index contributed by atoms with van der Waals surface area (Å²) in [5, 5.41) is 12.3. The van der Waals surface area contributed by atoms with Crippen molar-refractivity contribution >= 4 is 5.97 Å². The number of hydrogen-bond acceptors (Lipinski definition) is 4. The fourth-order valence-electron chi connectivity index (χ4n) is 1.38. The van der Waals surface area contributed by atoms with Gasteiger partial charge in [0, 0.05) is 25.0 Å². The molecule has 1 rings (SSSR count). The number of carbonyl (C=O) groups excluding carboxylic acids is 1. The van der Waals surface area contributed by atoms with Gasteiger partial charge in [0.15, 0.2) is 0 Å². The smallest absolute Gasteiger partial charge is 0.305 e. The Hall–Kier alpha value is -0.610. The fourth-order valence-corrected chi connectivity index (χ4v) is 1.38. The van der Waals surface area contributed by atoms with Crippen LogP contribution in [0.25, 0.3) is 0 Å². The Labute approximate surface area is 84.6 Å². The van der Waals surface area contributed by atoms with Crippen LogP contribution in [0.1, 0.15) is 25.7 Å². The van der Waals surface area contributed by atoms with E-state index in [0.717, 1.165) is 32.4 Å². The average Bonchev–Trinajstić information content (AvgIpc) is 2.98. The lowest BCUT2D eigenvalue weighted by Crippen LogP contribution is -2.27. The minimum absolute atomic E-state index is 0.157. The van der Waals surface area contributed by atoms with E-state index in [1.54, 1.807) is 0 Å². The number of carbonyl (C=O) groups is 1. The first-order valence-electron chi connectivity index (χ1n) is 5.11. The summed E-state index contributed by atoms with van der Waals surface area (Å²) in [4.78, 5) is 10.8. The summed E-state index contributed by atoms with van der Waals surface area (Å²) in [7, 11) is 1.40. The number of aliphatic hydroxyl groups excluding tert-OH is 1. The highest BCUT2D eigenvalue weighted by Crippen LogP contribution is 2.44. The zero-order chi connectivity index (χ0) is 10.4. The molecule has 0 aliphatic heterocycles. The van der Waals surface area contributed by atoms with E-state index < -0.39 is 0 Å². The molecule has 0 heterocycles. The van der Waals surface area contributed by atoms with E-state index in [9.17, 15) is 4.79 Å². The Kier molecular flexibility index (Phi) is 4.35. The number of methoxy groups -OCH3 is 1. The predicted octanol–water partition coefficient (Wildman–Crippen LogP) is 0.302. The summed E-state index contributed by atoms with van der Waals surface area (Å²) in [5.74, 6) is -0.157. The highest BCUT2D eigenvalue weighted by atomic mass is 16.5. The van der Waals surface area contributed by atoms with Crippen LogP contribution in [-0.4, -0.2) is 37.9 Å². The van der Waals surface area contributed by atoms with E-state index in [-0.39, 0.29) is 18.0 Å². The van der Waals surface area contributed by atoms with Crippen LogP contribution in [0.5, 0.6) is 0 Å². The third kappa shape index (κ3) is 3.64. The highest BCUT2D eigenvalue weighted by molar-refractivity contribution is 5.69. The molecule has 0 bridgehead atoms. The number of esters is 1. The van der Waals surface area contributed by atoms with Crippen LogP contribution < -0.4 is 5.32 Å². The van der Waals surface area contributed by atoms with Gasteiger partial charge in [0.2, 0.25) is 0 Å². The zero-order valence-corrected chi connectivity index (χ0v) is 8.71. The van der Waals surface area contributed by atoms with Gasteiger partial charge in [0.1, 0.15) is 0 Å². The molecule has 2 N–H and O–H groups in total. The first-order valence-corrected chi connectivity index (χ1v) is 5.11. The fraction of sp³-hybridized carbons (Fsp3) is 0.900. The SMILES string of the molecule is COC(=O)CCCNCC1(CO)CC1. The molecule has 0 radical (unpaired) electrons. The first-order chi connectivity index (χ1) is 6.72. The molecule has 0 aromatic carbocycles. The van der Waals surface area contributed by atoms with Gasteiger partial charge in [-0.25, -0.2) is 0 Å². The van der Waals surface area contributed by atoms with Crippen molar-refractivity contribution < 1.29 is 14.6 Å². The quantitative estimate of drug-likeness (QED) is 0.459. The molecule has 0 aromatic heterocycles. The molecule has 0 atom stereocenters. The Balaban J connectivity index is 1.92. The third-order valence-electron chi connectivity index (χ3n) is 2.75. The van der Waals surface area contributed by atoms with Crippen LogP contribution in [0, 0.1) is 5.41 Å². The Bertz CT molecular complexity index is 190. The highest BCUT2D eigenvalue weighted by Gasteiger charge is 2.41. The summed E-state index contributed by atoms with van der Waals surface area (Å²) in [5.41, 5.74) is 0.158. The van der Waals surface area contributed by atoms with Crippen LogP contribution in [0.15, 0.2) is 0 Å². The monoisotopic (exact) mass is 201 g/mol. The van der Waals surface area contributed by atoms with Gasteiger partial charge in [-0.2, -0.15) is 0 Å². The molecule has 4 heteroatoms. The summed E-state index contributed by atoms with van der Waals surface area (Å²) < 4.78 is 4.52. The first kappa shape index (κ1) is 11.5. The van der Waals surface area contributed by atoms with Gasteiger partial charge in [0.05, 0.1) is 7.11 Å². The largest absolute Gasteiger partial charge is 0.469 e. The van der Waals surface area contributed by atoms with Gasteiger partial charge in [-0.05, 0) is 25.8 Å². The maximum atomic E-state index is 10.8. The second-order valence-electron chi connectivity index (χ2n) is 4.01. The average molecular weight is 201 g/mol. The van der Waals surface area contributed by atoms with E-state index in [1.807, 2.05) is 0 Å². The molecule has 0 aromatic rings. The Morgan fingerprint density at radius 1 is 1.57 bits per heavy atom. The third-order valence-corrected chi connectivity index (χ3v) is 2.75. The van der Waals surface area contributed by atoms with Crippen molar-refractivity contribution in [2.75, 3.05) is 26.8 Å². The molecule has 0 amide bonds. The van der Waals surface area contributed by atoms with E-state index in [0.29, 0.717) is 6.42 Å². The second kappa shape index (κ2) is 5.32. The van der Waals surface area contributed by atoms with Gasteiger partial charge in [-0.15, -0.1) is 0 Å².